The number of oxime groups is 1. The Bertz CT molecular complexity index is 448. The van der Waals surface area contributed by atoms with Crippen molar-refractivity contribution in [2.45, 2.75) is 57.8 Å². The lowest BCUT2D eigenvalue weighted by Crippen LogP contribution is -2.48. The highest BCUT2D eigenvalue weighted by Gasteiger charge is 2.43. The van der Waals surface area contributed by atoms with Crippen LogP contribution in [0.1, 0.15) is 51.9 Å². The first kappa shape index (κ1) is 19.0. The van der Waals surface area contributed by atoms with E-state index in [1.54, 1.807) is 6.92 Å². The molecule has 2 aliphatic heterocycles. The van der Waals surface area contributed by atoms with Crippen molar-refractivity contribution >= 4 is 5.71 Å². The van der Waals surface area contributed by atoms with E-state index in [1.807, 2.05) is 0 Å². The van der Waals surface area contributed by atoms with Gasteiger partial charge in [-0.3, -0.25) is 0 Å². The lowest BCUT2D eigenvalue weighted by molar-refractivity contribution is -0.0494. The van der Waals surface area contributed by atoms with E-state index in [0.29, 0.717) is 31.2 Å². The Kier molecular flexibility index (Phi) is 6.67. The van der Waals surface area contributed by atoms with E-state index in [2.05, 4.69) is 15.4 Å². The van der Waals surface area contributed by atoms with Crippen LogP contribution in [0.25, 0.3) is 0 Å². The van der Waals surface area contributed by atoms with Crippen LogP contribution in [0, 0.1) is 17.8 Å². The van der Waals surface area contributed by atoms with Crippen LogP contribution in [-0.4, -0.2) is 55.9 Å². The maximum atomic E-state index is 14.0. The van der Waals surface area contributed by atoms with E-state index in [4.69, 9.17) is 4.84 Å². The fourth-order valence-electron chi connectivity index (χ4n) is 4.37. The Morgan fingerprint density at radius 1 is 1.20 bits per heavy atom. The zero-order valence-corrected chi connectivity index (χ0v) is 15.5. The molecule has 0 aromatic rings. The van der Waals surface area contributed by atoms with E-state index in [9.17, 15) is 8.78 Å². The molecule has 1 saturated carbocycles. The van der Waals surface area contributed by atoms with Gasteiger partial charge in [0.05, 0.1) is 18.2 Å². The van der Waals surface area contributed by atoms with Gasteiger partial charge in [-0.1, -0.05) is 18.0 Å². The van der Waals surface area contributed by atoms with Gasteiger partial charge in [-0.2, -0.15) is 0 Å². The summed E-state index contributed by atoms with van der Waals surface area (Å²) < 4.78 is 28.0. The average molecular weight is 357 g/mol. The van der Waals surface area contributed by atoms with Crippen molar-refractivity contribution < 1.29 is 13.6 Å². The first-order chi connectivity index (χ1) is 12.1. The van der Waals surface area contributed by atoms with E-state index >= 15 is 0 Å². The standard InChI is InChI=1S/C19H33F2N3O/c1-15(18-8-9-22-14-19(18,20)21)23-25-13-17(16-6-5-7-16)12-24-10-3-2-4-11-24/h16-18,22H,2-14H2,1H3/b23-15+. The van der Waals surface area contributed by atoms with Gasteiger partial charge in [0.15, 0.2) is 0 Å². The Hall–Kier alpha value is -0.750. The molecule has 2 saturated heterocycles. The van der Waals surface area contributed by atoms with Gasteiger partial charge < -0.3 is 15.1 Å². The molecule has 3 rings (SSSR count). The molecular formula is C19H33F2N3O. The smallest absolute Gasteiger partial charge is 0.268 e. The Balaban J connectivity index is 1.51. The molecule has 6 heteroatoms. The van der Waals surface area contributed by atoms with Crippen LogP contribution in [0.3, 0.4) is 0 Å². The molecule has 2 unspecified atom stereocenters. The maximum Gasteiger partial charge on any atom is 0.268 e. The van der Waals surface area contributed by atoms with Gasteiger partial charge >= 0.3 is 0 Å². The second-order valence-corrected chi connectivity index (χ2v) is 8.12. The van der Waals surface area contributed by atoms with Crippen molar-refractivity contribution in [2.24, 2.45) is 22.9 Å². The van der Waals surface area contributed by atoms with Crippen LogP contribution < -0.4 is 5.32 Å². The monoisotopic (exact) mass is 357 g/mol. The molecule has 144 valence electrons. The summed E-state index contributed by atoms with van der Waals surface area (Å²) in [7, 11) is 0. The molecule has 3 aliphatic rings. The minimum atomic E-state index is -2.73. The lowest BCUT2D eigenvalue weighted by atomic mass is 9.76. The third-order valence-corrected chi connectivity index (χ3v) is 6.24. The Labute approximate surface area is 150 Å². The third kappa shape index (κ3) is 5.13. The topological polar surface area (TPSA) is 36.9 Å². The zero-order valence-electron chi connectivity index (χ0n) is 15.5. The number of nitrogens with one attached hydrogen (secondary N) is 1. The van der Waals surface area contributed by atoms with Crippen molar-refractivity contribution in [3.63, 3.8) is 0 Å². The van der Waals surface area contributed by atoms with Crippen molar-refractivity contribution in [2.75, 3.05) is 39.3 Å². The predicted molar refractivity (Wildman–Crippen MR) is 96.1 cm³/mol. The van der Waals surface area contributed by atoms with Gasteiger partial charge in [-0.05, 0) is 64.6 Å². The summed E-state index contributed by atoms with van der Waals surface area (Å²) in [5.41, 5.74) is 0.442. The van der Waals surface area contributed by atoms with E-state index in [-0.39, 0.29) is 6.54 Å². The van der Waals surface area contributed by atoms with Crippen molar-refractivity contribution in [3.05, 3.63) is 0 Å². The van der Waals surface area contributed by atoms with Crippen LogP contribution >= 0.6 is 0 Å². The van der Waals surface area contributed by atoms with Crippen LogP contribution in [0.5, 0.6) is 0 Å². The van der Waals surface area contributed by atoms with Crippen LogP contribution in [-0.2, 0) is 4.84 Å². The minimum absolute atomic E-state index is 0.260. The predicted octanol–water partition coefficient (Wildman–Crippen LogP) is 3.53. The largest absolute Gasteiger partial charge is 0.395 e. The molecule has 3 fully saturated rings. The maximum absolute atomic E-state index is 14.0. The number of hydrogen-bond donors (Lipinski definition) is 1. The Morgan fingerprint density at radius 2 is 1.96 bits per heavy atom. The fourth-order valence-corrected chi connectivity index (χ4v) is 4.37. The normalized spacial score (nSPS) is 29.9. The molecule has 25 heavy (non-hydrogen) atoms. The first-order valence-electron chi connectivity index (χ1n) is 10.0. The van der Waals surface area contributed by atoms with E-state index in [0.717, 1.165) is 12.5 Å². The van der Waals surface area contributed by atoms with Gasteiger partial charge in [-0.25, -0.2) is 8.78 Å². The van der Waals surface area contributed by atoms with Gasteiger partial charge in [0.25, 0.3) is 5.92 Å². The van der Waals surface area contributed by atoms with Crippen LogP contribution in [0.2, 0.25) is 0 Å². The molecule has 1 N–H and O–H groups in total. The number of nitrogens with zero attached hydrogens (tertiary/aromatic N) is 2. The fraction of sp³-hybridized carbons (Fsp3) is 0.947. The number of alkyl halides is 2. The molecular weight excluding hydrogens is 324 g/mol. The van der Waals surface area contributed by atoms with E-state index < -0.39 is 11.8 Å². The molecule has 4 nitrogen and oxygen atoms in total. The summed E-state index contributed by atoms with van der Waals surface area (Å²) >= 11 is 0. The van der Waals surface area contributed by atoms with Gasteiger partial charge in [-0.15, -0.1) is 0 Å². The van der Waals surface area contributed by atoms with Crippen molar-refractivity contribution in [1.29, 1.82) is 0 Å². The van der Waals surface area contributed by atoms with Crippen LogP contribution in [0.4, 0.5) is 8.78 Å². The summed E-state index contributed by atoms with van der Waals surface area (Å²) in [6.07, 6.45) is 8.21. The zero-order chi connectivity index (χ0) is 17.7. The van der Waals surface area contributed by atoms with Gasteiger partial charge in [0, 0.05) is 12.5 Å². The molecule has 2 heterocycles. The lowest BCUT2D eigenvalue weighted by Gasteiger charge is -2.37. The molecule has 0 aromatic heterocycles. The van der Waals surface area contributed by atoms with Gasteiger partial charge in [0.2, 0.25) is 0 Å². The number of halogens is 2. The Morgan fingerprint density at radius 3 is 2.60 bits per heavy atom. The molecule has 0 aromatic carbocycles. The van der Waals surface area contributed by atoms with Crippen LogP contribution in [0.15, 0.2) is 5.16 Å². The number of rotatable bonds is 7. The second-order valence-electron chi connectivity index (χ2n) is 8.12. The minimum Gasteiger partial charge on any atom is -0.395 e. The molecule has 1 aliphatic carbocycles. The summed E-state index contributed by atoms with van der Waals surface area (Å²) in [6.45, 7) is 6.06. The highest BCUT2D eigenvalue weighted by Crippen LogP contribution is 2.35. The molecule has 0 spiro atoms. The van der Waals surface area contributed by atoms with Gasteiger partial charge in [0.1, 0.15) is 6.61 Å². The highest BCUT2D eigenvalue weighted by atomic mass is 19.3. The molecule has 0 bridgehead atoms. The molecule has 0 amide bonds. The third-order valence-electron chi connectivity index (χ3n) is 6.24. The SMILES string of the molecule is C/C(=N\OCC(CN1CCCCC1)C1CCC1)C1CCNCC1(F)F. The van der Waals surface area contributed by atoms with Crippen molar-refractivity contribution in [1.82, 2.24) is 10.2 Å². The quantitative estimate of drug-likeness (QED) is 0.559. The number of hydrogen-bond acceptors (Lipinski definition) is 4. The molecule has 2 atom stereocenters. The van der Waals surface area contributed by atoms with Crippen molar-refractivity contribution in [3.8, 4) is 0 Å². The summed E-state index contributed by atoms with van der Waals surface area (Å²) in [4.78, 5) is 8.16. The summed E-state index contributed by atoms with van der Waals surface area (Å²) in [6, 6.07) is 0. The average Bonchev–Trinajstić information content (AvgIpc) is 2.53. The first-order valence-corrected chi connectivity index (χ1v) is 10.0. The number of likely N-dealkylation sites (tertiary alicyclic amines) is 1. The molecule has 0 radical (unpaired) electrons. The highest BCUT2D eigenvalue weighted by molar-refractivity contribution is 5.84. The summed E-state index contributed by atoms with van der Waals surface area (Å²) in [5.74, 6) is -2.32. The number of piperidine rings is 2. The second kappa shape index (κ2) is 8.76. The van der Waals surface area contributed by atoms with E-state index in [1.165, 1.54) is 51.6 Å². The summed E-state index contributed by atoms with van der Waals surface area (Å²) in [5, 5.41) is 6.87.